The topological polar surface area (TPSA) is 152 Å². The number of rotatable bonds is 15. The quantitative estimate of drug-likeness (QED) is 0.123. The minimum atomic E-state index is -0.555. The summed E-state index contributed by atoms with van der Waals surface area (Å²) in [5.41, 5.74) is -2.67. The number of fused-ring (bicyclic) bond motifs is 1. The van der Waals surface area contributed by atoms with Gasteiger partial charge in [0.05, 0.1) is 33.2 Å². The Hall–Kier alpha value is -2.69. The van der Waals surface area contributed by atoms with Gasteiger partial charge in [-0.1, -0.05) is 48.5 Å². The van der Waals surface area contributed by atoms with Crippen LogP contribution in [0.25, 0.3) is 0 Å². The van der Waals surface area contributed by atoms with Gasteiger partial charge in [0.15, 0.2) is 0 Å². The Bertz CT molecular complexity index is 2230. The third kappa shape index (κ3) is 11.4. The van der Waals surface area contributed by atoms with Gasteiger partial charge < -0.3 is 28.8 Å². The first-order chi connectivity index (χ1) is 37.2. The van der Waals surface area contributed by atoms with Crippen molar-refractivity contribution < 1.29 is 52.8 Å². The zero-order chi connectivity index (χ0) is 58.6. The summed E-state index contributed by atoms with van der Waals surface area (Å²) >= 11 is 0. The maximum atomic E-state index is 12.8. The Morgan fingerprint density at radius 3 is 1.43 bits per heavy atom. The summed E-state index contributed by atoms with van der Waals surface area (Å²) in [6.07, 6.45) is 26.1. The molecule has 15 rings (SSSR count). The van der Waals surface area contributed by atoms with Gasteiger partial charge in [-0.15, -0.1) is 0 Å². The van der Waals surface area contributed by atoms with Crippen molar-refractivity contribution in [2.24, 2.45) is 104 Å². The first-order valence-electron chi connectivity index (χ1n) is 33.1. The molecule has 0 spiro atoms. The maximum absolute atomic E-state index is 12.8. The highest BCUT2D eigenvalue weighted by atomic mass is 16.6. The lowest BCUT2D eigenvalue weighted by atomic mass is 9.45. The molecule has 1 N–H and O–H groups in total. The van der Waals surface area contributed by atoms with Crippen LogP contribution >= 0.6 is 0 Å². The van der Waals surface area contributed by atoms with Gasteiger partial charge in [0, 0.05) is 23.7 Å². The molecule has 11 nitrogen and oxygen atoms in total. The molecule has 15 aliphatic rings. The molecular formula is C69H112O11. The van der Waals surface area contributed by atoms with Crippen LogP contribution in [-0.2, 0) is 47.7 Å². The summed E-state index contributed by atoms with van der Waals surface area (Å²) < 4.78 is 29.7. The van der Waals surface area contributed by atoms with Gasteiger partial charge >= 0.3 is 29.8 Å². The Labute approximate surface area is 484 Å². The van der Waals surface area contributed by atoms with Crippen LogP contribution in [0.15, 0.2) is 0 Å². The van der Waals surface area contributed by atoms with Gasteiger partial charge in [-0.2, -0.15) is 0 Å². The Kier molecular flexibility index (Phi) is 17.0. The third-order valence-corrected chi connectivity index (χ3v) is 25.4. The maximum Gasteiger partial charge on any atom is 0.312 e. The third-order valence-electron chi connectivity index (χ3n) is 25.4. The van der Waals surface area contributed by atoms with Crippen molar-refractivity contribution in [1.82, 2.24) is 0 Å². The van der Waals surface area contributed by atoms with E-state index in [1.165, 1.54) is 77.0 Å². The normalized spacial score (nSPS) is 41.6. The van der Waals surface area contributed by atoms with E-state index in [1.807, 2.05) is 69.2 Å². The number of hydrogen-bond donors (Lipinski definition) is 1. The molecule has 8 atom stereocenters. The van der Waals surface area contributed by atoms with E-state index in [-0.39, 0.29) is 81.0 Å². The summed E-state index contributed by atoms with van der Waals surface area (Å²) in [7, 11) is 0. The predicted octanol–water partition coefficient (Wildman–Crippen LogP) is 15.1. The Morgan fingerprint density at radius 1 is 0.537 bits per heavy atom. The molecule has 8 unspecified atom stereocenters. The first kappa shape index (κ1) is 61.9. The minimum Gasteiger partial charge on any atom is -0.459 e. The standard InChI is InChI=1S/C20H34O2.C19H32O2.C16H26O3.C14H20O4/c1-6-18(3,4)17(21)22-19(5,7-2)20-11-14-8-15(12-20)10-16(9-14)13-20;1-6-18(4,5)17(20)21-19(12(2)3)15-8-13-7-14(10-15)11-16(19)9-13;1-4-14(2,3)13(17)19-16-8-11-5-12(9-16)7-15(18,6-11)10-16;1-4-14(2,3)13(16)18-10-7-5-8-9(6-7)12(15)17-11(8)10/h14-16H,6-13H2,1-5H3;12-16H,6-11H2,1-5H3;11-12,18H,4-10H2,1-3H3;7-11H,4-6H2,1-3H3. The lowest BCUT2D eigenvalue weighted by Crippen LogP contribution is -2.63. The summed E-state index contributed by atoms with van der Waals surface area (Å²) in [5.74, 6) is 7.72. The second-order valence-corrected chi connectivity index (χ2v) is 32.9. The van der Waals surface area contributed by atoms with Crippen LogP contribution in [0.3, 0.4) is 0 Å². The zero-order valence-electron chi connectivity index (χ0n) is 53.2. The largest absolute Gasteiger partial charge is 0.459 e. The average Bonchev–Trinajstić information content (AvgIpc) is 4.02. The fraction of sp³-hybridized carbons (Fsp3) is 0.928. The number of carbonyl (C=O) groups is 5. The highest BCUT2D eigenvalue weighted by Gasteiger charge is 2.65. The highest BCUT2D eigenvalue weighted by Crippen LogP contribution is 2.66. The molecule has 1 saturated heterocycles. The molecule has 14 saturated carbocycles. The summed E-state index contributed by atoms with van der Waals surface area (Å²) in [6, 6.07) is 0. The average molecular weight is 1120 g/mol. The molecule has 1 heterocycles. The van der Waals surface area contributed by atoms with E-state index in [9.17, 15) is 29.1 Å². The van der Waals surface area contributed by atoms with Crippen LogP contribution in [0, 0.1) is 104 Å². The van der Waals surface area contributed by atoms with E-state index in [0.29, 0.717) is 47.8 Å². The molecule has 80 heavy (non-hydrogen) atoms. The molecule has 0 aromatic carbocycles. The van der Waals surface area contributed by atoms with E-state index in [2.05, 4.69) is 41.5 Å². The molecule has 0 aromatic heterocycles. The van der Waals surface area contributed by atoms with Crippen LogP contribution in [0.4, 0.5) is 0 Å². The van der Waals surface area contributed by atoms with Crippen molar-refractivity contribution in [3.8, 4) is 0 Å². The van der Waals surface area contributed by atoms with E-state index >= 15 is 0 Å². The van der Waals surface area contributed by atoms with Gasteiger partial charge in [0.25, 0.3) is 0 Å². The molecule has 0 amide bonds. The molecule has 0 aromatic rings. The number of aliphatic hydroxyl groups is 1. The van der Waals surface area contributed by atoms with E-state index < -0.39 is 16.4 Å². The number of hydrogen-bond acceptors (Lipinski definition) is 11. The van der Waals surface area contributed by atoms with Gasteiger partial charge in [0.1, 0.15) is 29.0 Å². The van der Waals surface area contributed by atoms with Crippen molar-refractivity contribution >= 4 is 29.8 Å². The molecule has 1 aliphatic heterocycles. The smallest absolute Gasteiger partial charge is 0.312 e. The summed E-state index contributed by atoms with van der Waals surface area (Å²) in [6.45, 7) is 32.9. The van der Waals surface area contributed by atoms with E-state index in [0.717, 1.165) is 100 Å². The lowest BCUT2D eigenvalue weighted by molar-refractivity contribution is -0.231. The van der Waals surface area contributed by atoms with E-state index in [4.69, 9.17) is 23.7 Å². The molecule has 11 heteroatoms. The highest BCUT2D eigenvalue weighted by molar-refractivity contribution is 5.79. The monoisotopic (exact) mass is 1120 g/mol. The molecule has 14 aliphatic carbocycles. The second-order valence-electron chi connectivity index (χ2n) is 32.9. The molecule has 15 fully saturated rings. The minimum absolute atomic E-state index is 0.00935. The molecule has 454 valence electrons. The van der Waals surface area contributed by atoms with Crippen LogP contribution in [0.1, 0.15) is 265 Å². The van der Waals surface area contributed by atoms with Gasteiger partial charge in [-0.05, 0) is 269 Å². The van der Waals surface area contributed by atoms with Crippen LogP contribution in [0.2, 0.25) is 0 Å². The van der Waals surface area contributed by atoms with Crippen molar-refractivity contribution in [2.75, 3.05) is 0 Å². The predicted molar refractivity (Wildman–Crippen MR) is 310 cm³/mol. The summed E-state index contributed by atoms with van der Waals surface area (Å²) in [5, 5.41) is 10.6. The zero-order valence-corrected chi connectivity index (χ0v) is 53.2. The van der Waals surface area contributed by atoms with Crippen LogP contribution in [0.5, 0.6) is 0 Å². The first-order valence-corrected chi connectivity index (χ1v) is 33.1. The Balaban J connectivity index is 0.000000129. The fourth-order valence-electron chi connectivity index (χ4n) is 19.6. The van der Waals surface area contributed by atoms with Crippen molar-refractivity contribution in [2.45, 2.75) is 299 Å². The van der Waals surface area contributed by atoms with Crippen molar-refractivity contribution in [1.29, 1.82) is 0 Å². The van der Waals surface area contributed by atoms with Crippen molar-refractivity contribution in [3.05, 3.63) is 0 Å². The van der Waals surface area contributed by atoms with E-state index in [1.54, 1.807) is 0 Å². The van der Waals surface area contributed by atoms with Gasteiger partial charge in [-0.25, -0.2) is 0 Å². The SMILES string of the molecule is CCC(C)(C)C(=O)OC(C)(CC)C12CC3CC(CC(C3)C1)C2.CCC(C)(C)C(=O)OC1(C(C)C)C2CC3CC(C2)CC1C3.CCC(C)(C)C(=O)OC12CC3CC(CC(O)(C3)C1)C2.CCC(C)(C)C(=O)OC1C2CC3C(=O)OC1C3C2. The van der Waals surface area contributed by atoms with Crippen LogP contribution in [-0.4, -0.2) is 69.6 Å². The van der Waals surface area contributed by atoms with Gasteiger partial charge in [-0.3, -0.25) is 24.0 Å². The number of ether oxygens (including phenoxy) is 5. The van der Waals surface area contributed by atoms with Crippen molar-refractivity contribution in [3.63, 3.8) is 0 Å². The second kappa shape index (κ2) is 22.0. The molecular weight excluding hydrogens is 1000 g/mol. The Morgan fingerprint density at radius 2 is 0.975 bits per heavy atom. The summed E-state index contributed by atoms with van der Waals surface area (Å²) in [4.78, 5) is 61.6. The van der Waals surface area contributed by atoms with Crippen LogP contribution < -0.4 is 0 Å². The number of esters is 5. The molecule has 14 bridgehead atoms. The lowest BCUT2D eigenvalue weighted by Gasteiger charge is -2.62. The number of carbonyl (C=O) groups excluding carboxylic acids is 5. The molecule has 0 radical (unpaired) electrons. The fourth-order valence-corrected chi connectivity index (χ4v) is 19.6. The van der Waals surface area contributed by atoms with Gasteiger partial charge in [0.2, 0.25) is 0 Å².